The molecule has 0 bridgehead atoms. The Morgan fingerprint density at radius 1 is 1.31 bits per heavy atom. The van der Waals surface area contributed by atoms with Crippen molar-refractivity contribution < 1.29 is 17.9 Å². The molecule has 2 aromatic rings. The highest BCUT2D eigenvalue weighted by Gasteiger charge is 2.14. The summed E-state index contributed by atoms with van der Waals surface area (Å²) in [6.45, 7) is 3.86. The van der Waals surface area contributed by atoms with Gasteiger partial charge >= 0.3 is 0 Å². The Balaban J connectivity index is 2.07. The van der Waals surface area contributed by atoms with E-state index in [1.165, 1.54) is 31.4 Å². The molecule has 2 N–H and O–H groups in total. The predicted octanol–water partition coefficient (Wildman–Crippen LogP) is 2.36. The van der Waals surface area contributed by atoms with E-state index in [1.807, 2.05) is 13.8 Å². The van der Waals surface area contributed by atoms with Crippen LogP contribution < -0.4 is 14.8 Å². The summed E-state index contributed by atoms with van der Waals surface area (Å²) in [6.07, 6.45) is 1.29. The molecule has 1 aromatic heterocycles. The minimum absolute atomic E-state index is 0.0826. The third-order valence-electron chi connectivity index (χ3n) is 3.35. The van der Waals surface area contributed by atoms with Crippen LogP contribution in [0.15, 0.2) is 41.4 Å². The second-order valence-corrected chi connectivity index (χ2v) is 8.01. The smallest absolute Gasteiger partial charge is 0.253 e. The largest absolute Gasteiger partial charge is 0.474 e. The van der Waals surface area contributed by atoms with E-state index in [-0.39, 0.29) is 39.9 Å². The quantitative estimate of drug-likeness (QED) is 0.747. The number of benzene rings is 1. The summed E-state index contributed by atoms with van der Waals surface area (Å²) < 4.78 is 31.3. The molecule has 140 valence electrons. The van der Waals surface area contributed by atoms with Crippen LogP contribution in [0.3, 0.4) is 0 Å². The van der Waals surface area contributed by atoms with Crippen molar-refractivity contribution in [1.29, 1.82) is 0 Å². The fourth-order valence-corrected chi connectivity index (χ4v) is 3.10. The van der Waals surface area contributed by atoms with Gasteiger partial charge in [0.2, 0.25) is 15.9 Å². The molecule has 9 heteroatoms. The fourth-order valence-electron chi connectivity index (χ4n) is 2.08. The Morgan fingerprint density at radius 3 is 2.65 bits per heavy atom. The van der Waals surface area contributed by atoms with E-state index in [1.54, 1.807) is 12.1 Å². The van der Waals surface area contributed by atoms with Crippen LogP contribution in [0.1, 0.15) is 29.8 Å². The third-order valence-corrected chi connectivity index (χ3v) is 5.03. The number of halogens is 1. The van der Waals surface area contributed by atoms with Gasteiger partial charge in [0.1, 0.15) is 5.02 Å². The van der Waals surface area contributed by atoms with Crippen LogP contribution in [0.2, 0.25) is 5.02 Å². The van der Waals surface area contributed by atoms with Gasteiger partial charge < -0.3 is 10.1 Å². The fraction of sp³-hybridized carbons (Fsp3) is 0.294. The van der Waals surface area contributed by atoms with Gasteiger partial charge in [-0.15, -0.1) is 0 Å². The molecule has 0 aliphatic rings. The lowest BCUT2D eigenvalue weighted by Gasteiger charge is -2.11. The number of rotatable bonds is 7. The summed E-state index contributed by atoms with van der Waals surface area (Å²) in [6, 6.07) is 7.79. The molecule has 1 amide bonds. The second-order valence-electron chi connectivity index (χ2n) is 5.72. The zero-order valence-electron chi connectivity index (χ0n) is 14.6. The Hall–Kier alpha value is -2.16. The molecule has 0 saturated heterocycles. The van der Waals surface area contributed by atoms with Gasteiger partial charge in [-0.25, -0.2) is 18.1 Å². The van der Waals surface area contributed by atoms with E-state index in [4.69, 9.17) is 16.3 Å². The Morgan fingerprint density at radius 2 is 2.04 bits per heavy atom. The number of nitrogens with one attached hydrogen (secondary N) is 2. The molecule has 1 heterocycles. The summed E-state index contributed by atoms with van der Waals surface area (Å²) in [5.74, 6) is -0.111. The highest BCUT2D eigenvalue weighted by molar-refractivity contribution is 7.89. The molecule has 0 spiro atoms. The van der Waals surface area contributed by atoms with Crippen molar-refractivity contribution in [3.8, 4) is 5.88 Å². The highest BCUT2D eigenvalue weighted by Crippen LogP contribution is 2.23. The number of sulfonamides is 1. The van der Waals surface area contributed by atoms with Gasteiger partial charge in [0.25, 0.3) is 5.91 Å². The SMILES string of the molecule is CNS(=O)(=O)c1cccc(CNC(=O)c2cnc(OC(C)C)c(Cl)c2)c1. The lowest BCUT2D eigenvalue weighted by atomic mass is 10.2. The Kier molecular flexibility index (Phi) is 6.57. The molecule has 0 aliphatic heterocycles. The molecule has 0 unspecified atom stereocenters. The van der Waals surface area contributed by atoms with Gasteiger partial charge in [-0.3, -0.25) is 4.79 Å². The summed E-state index contributed by atoms with van der Waals surface area (Å²) in [7, 11) is -2.20. The average molecular weight is 398 g/mol. The topological polar surface area (TPSA) is 97.4 Å². The van der Waals surface area contributed by atoms with Crippen LogP contribution in [0, 0.1) is 0 Å². The van der Waals surface area contributed by atoms with Gasteiger partial charge in [0.05, 0.1) is 16.6 Å². The molecule has 0 atom stereocenters. The number of ether oxygens (including phenoxy) is 1. The van der Waals surface area contributed by atoms with Crippen molar-refractivity contribution in [3.05, 3.63) is 52.7 Å². The lowest BCUT2D eigenvalue weighted by Crippen LogP contribution is -2.23. The molecule has 0 saturated carbocycles. The first kappa shape index (κ1) is 20.2. The van der Waals surface area contributed by atoms with E-state index < -0.39 is 10.0 Å². The van der Waals surface area contributed by atoms with Crippen molar-refractivity contribution in [2.75, 3.05) is 7.05 Å². The third kappa shape index (κ3) is 5.17. The number of pyridine rings is 1. The van der Waals surface area contributed by atoms with Crippen molar-refractivity contribution >= 4 is 27.5 Å². The first-order valence-electron chi connectivity index (χ1n) is 7.86. The number of carbonyl (C=O) groups excluding carboxylic acids is 1. The molecular weight excluding hydrogens is 378 g/mol. The van der Waals surface area contributed by atoms with Crippen LogP contribution >= 0.6 is 11.6 Å². The first-order valence-corrected chi connectivity index (χ1v) is 9.72. The standard InChI is InChI=1S/C17H20ClN3O4S/c1-11(2)25-17-15(18)8-13(10-21-17)16(22)20-9-12-5-4-6-14(7-12)26(23,24)19-3/h4-8,10-11,19H,9H2,1-3H3,(H,20,22). The van der Waals surface area contributed by atoms with Crippen LogP contribution in [-0.4, -0.2) is 32.5 Å². The summed E-state index contributed by atoms with van der Waals surface area (Å²) >= 11 is 6.08. The number of hydrogen-bond donors (Lipinski definition) is 2. The van der Waals surface area contributed by atoms with Crippen LogP contribution in [-0.2, 0) is 16.6 Å². The van der Waals surface area contributed by atoms with Crippen molar-refractivity contribution in [3.63, 3.8) is 0 Å². The highest BCUT2D eigenvalue weighted by atomic mass is 35.5. The van der Waals surface area contributed by atoms with E-state index in [0.29, 0.717) is 5.56 Å². The second kappa shape index (κ2) is 8.48. The van der Waals surface area contributed by atoms with E-state index in [0.717, 1.165) is 0 Å². The van der Waals surface area contributed by atoms with Crippen molar-refractivity contribution in [2.45, 2.75) is 31.4 Å². The van der Waals surface area contributed by atoms with Crippen LogP contribution in [0.4, 0.5) is 0 Å². The zero-order chi connectivity index (χ0) is 19.3. The Bertz CT molecular complexity index is 901. The zero-order valence-corrected chi connectivity index (χ0v) is 16.2. The molecule has 1 aromatic carbocycles. The van der Waals surface area contributed by atoms with Crippen LogP contribution in [0.5, 0.6) is 5.88 Å². The van der Waals surface area contributed by atoms with Crippen molar-refractivity contribution in [2.24, 2.45) is 0 Å². The van der Waals surface area contributed by atoms with Crippen LogP contribution in [0.25, 0.3) is 0 Å². The molecular formula is C17H20ClN3O4S. The number of aromatic nitrogens is 1. The first-order chi connectivity index (χ1) is 12.2. The minimum atomic E-state index is -3.54. The van der Waals surface area contributed by atoms with Crippen molar-refractivity contribution in [1.82, 2.24) is 15.0 Å². The minimum Gasteiger partial charge on any atom is -0.474 e. The normalized spacial score (nSPS) is 11.4. The number of amides is 1. The van der Waals surface area contributed by atoms with Gasteiger partial charge in [0.15, 0.2) is 0 Å². The van der Waals surface area contributed by atoms with Gasteiger partial charge in [-0.1, -0.05) is 23.7 Å². The van der Waals surface area contributed by atoms with E-state index in [2.05, 4.69) is 15.0 Å². The maximum atomic E-state index is 12.3. The van der Waals surface area contributed by atoms with E-state index >= 15 is 0 Å². The molecule has 0 fully saturated rings. The summed E-state index contributed by atoms with van der Waals surface area (Å²) in [5, 5.41) is 2.95. The molecule has 0 aliphatic carbocycles. The van der Waals surface area contributed by atoms with Gasteiger partial charge in [-0.05, 0) is 44.7 Å². The number of carbonyl (C=O) groups is 1. The summed E-state index contributed by atoms with van der Waals surface area (Å²) in [4.78, 5) is 16.4. The molecule has 0 radical (unpaired) electrons. The maximum absolute atomic E-state index is 12.3. The monoisotopic (exact) mass is 397 g/mol. The average Bonchev–Trinajstić information content (AvgIpc) is 2.61. The molecule has 2 rings (SSSR count). The lowest BCUT2D eigenvalue weighted by molar-refractivity contribution is 0.0950. The van der Waals surface area contributed by atoms with Gasteiger partial charge in [0, 0.05) is 12.7 Å². The maximum Gasteiger partial charge on any atom is 0.253 e. The molecule has 7 nitrogen and oxygen atoms in total. The number of nitrogens with zero attached hydrogens (tertiary/aromatic N) is 1. The summed E-state index contributed by atoms with van der Waals surface area (Å²) in [5.41, 5.74) is 0.929. The van der Waals surface area contributed by atoms with E-state index in [9.17, 15) is 13.2 Å². The Labute approximate surface area is 157 Å². The molecule has 26 heavy (non-hydrogen) atoms. The number of hydrogen-bond acceptors (Lipinski definition) is 5. The predicted molar refractivity (Wildman–Crippen MR) is 98.9 cm³/mol. The van der Waals surface area contributed by atoms with Gasteiger partial charge in [-0.2, -0.15) is 0 Å².